The summed E-state index contributed by atoms with van der Waals surface area (Å²) in [4.78, 5) is 12.9. The van der Waals surface area contributed by atoms with Gasteiger partial charge in [0, 0.05) is 10.8 Å². The van der Waals surface area contributed by atoms with Gasteiger partial charge >= 0.3 is 0 Å². The Bertz CT molecular complexity index is 693. The molecule has 0 heterocycles. The molecule has 0 aromatic heterocycles. The first kappa shape index (κ1) is 15.5. The van der Waals surface area contributed by atoms with Crippen molar-refractivity contribution >= 4 is 17.4 Å². The molecule has 2 saturated carbocycles. The molecule has 1 aromatic carbocycles. The molecule has 4 atom stereocenters. The van der Waals surface area contributed by atoms with Crippen LogP contribution in [0.3, 0.4) is 0 Å². The number of ketones is 1. The van der Waals surface area contributed by atoms with Gasteiger partial charge in [0.25, 0.3) is 0 Å². The molecule has 0 aliphatic heterocycles. The second-order valence-corrected chi connectivity index (χ2v) is 9.20. The van der Waals surface area contributed by atoms with Gasteiger partial charge in [0.05, 0.1) is 5.02 Å². The van der Waals surface area contributed by atoms with E-state index in [9.17, 15) is 9.90 Å². The Balaban J connectivity index is 1.75. The number of phenolic OH excluding ortho intramolecular Hbond substituents is 1. The van der Waals surface area contributed by atoms with Crippen molar-refractivity contribution in [1.29, 1.82) is 0 Å². The number of benzene rings is 1. The summed E-state index contributed by atoms with van der Waals surface area (Å²) in [5.41, 5.74) is 2.26. The third-order valence-corrected chi connectivity index (χ3v) is 7.35. The maximum absolute atomic E-state index is 12.9. The number of halogens is 1. The topological polar surface area (TPSA) is 37.3 Å². The summed E-state index contributed by atoms with van der Waals surface area (Å²) >= 11 is 6.18. The molecule has 0 unspecified atom stereocenters. The normalized spacial score (nSPS) is 37.9. The zero-order chi connectivity index (χ0) is 16.6. The minimum Gasteiger partial charge on any atom is -0.506 e. The molecule has 3 aliphatic carbocycles. The lowest BCUT2D eigenvalue weighted by Crippen LogP contribution is -2.43. The van der Waals surface area contributed by atoms with Crippen molar-refractivity contribution in [2.45, 2.75) is 58.8 Å². The molecule has 3 aliphatic rings. The van der Waals surface area contributed by atoms with E-state index < -0.39 is 0 Å². The van der Waals surface area contributed by atoms with Gasteiger partial charge in [-0.3, -0.25) is 4.79 Å². The molecule has 124 valence electrons. The van der Waals surface area contributed by atoms with Crippen LogP contribution in [-0.4, -0.2) is 10.9 Å². The van der Waals surface area contributed by atoms with Crippen molar-refractivity contribution in [3.63, 3.8) is 0 Å². The molecule has 4 rings (SSSR count). The van der Waals surface area contributed by atoms with Crippen molar-refractivity contribution in [1.82, 2.24) is 0 Å². The van der Waals surface area contributed by atoms with Crippen LogP contribution >= 0.6 is 11.6 Å². The third kappa shape index (κ3) is 2.03. The lowest BCUT2D eigenvalue weighted by atomic mass is 9.55. The van der Waals surface area contributed by atoms with Crippen LogP contribution in [0.1, 0.15) is 63.5 Å². The molecule has 0 amide bonds. The molecule has 0 radical (unpaired) electrons. The quantitative estimate of drug-likeness (QED) is 0.717. The van der Waals surface area contributed by atoms with Crippen LogP contribution in [0.5, 0.6) is 5.75 Å². The minimum absolute atomic E-state index is 0.136. The van der Waals surface area contributed by atoms with Gasteiger partial charge in [-0.25, -0.2) is 0 Å². The lowest BCUT2D eigenvalue weighted by Gasteiger charge is -2.48. The molecule has 23 heavy (non-hydrogen) atoms. The van der Waals surface area contributed by atoms with E-state index in [0.29, 0.717) is 28.6 Å². The van der Waals surface area contributed by atoms with Gasteiger partial charge in [0.15, 0.2) is 0 Å². The fraction of sp³-hybridized carbons (Fsp3) is 0.650. The van der Waals surface area contributed by atoms with Crippen molar-refractivity contribution in [2.75, 3.05) is 0 Å². The molecular weight excluding hydrogens is 308 g/mol. The number of Topliss-reactive ketones (excluding diaryl/α,β-unsaturated/α-hetero) is 1. The first-order valence-electron chi connectivity index (χ1n) is 8.80. The van der Waals surface area contributed by atoms with Gasteiger partial charge < -0.3 is 5.11 Å². The Labute approximate surface area is 143 Å². The van der Waals surface area contributed by atoms with Crippen LogP contribution in [0.2, 0.25) is 5.02 Å². The molecule has 1 aromatic rings. The first-order chi connectivity index (χ1) is 10.7. The Morgan fingerprint density at radius 3 is 2.70 bits per heavy atom. The van der Waals surface area contributed by atoms with Gasteiger partial charge in [0.2, 0.25) is 0 Å². The molecule has 2 fully saturated rings. The summed E-state index contributed by atoms with van der Waals surface area (Å²) in [7, 11) is 0. The number of hydrogen-bond acceptors (Lipinski definition) is 2. The number of fused-ring (bicyclic) bond motifs is 5. The number of aryl methyl sites for hydroxylation is 1. The van der Waals surface area contributed by atoms with Gasteiger partial charge in [-0.2, -0.15) is 0 Å². The smallest absolute Gasteiger partial charge is 0.144 e. The van der Waals surface area contributed by atoms with Crippen molar-refractivity contribution < 1.29 is 9.90 Å². The number of aromatic hydroxyl groups is 1. The highest BCUT2D eigenvalue weighted by Gasteiger charge is 2.60. The fourth-order valence-electron chi connectivity index (χ4n) is 5.97. The first-order valence-corrected chi connectivity index (χ1v) is 9.18. The van der Waals surface area contributed by atoms with E-state index in [-0.39, 0.29) is 16.6 Å². The summed E-state index contributed by atoms with van der Waals surface area (Å²) in [6.07, 6.45) is 5.18. The van der Waals surface area contributed by atoms with E-state index in [1.165, 1.54) is 11.1 Å². The van der Waals surface area contributed by atoms with Crippen LogP contribution in [0, 0.1) is 22.7 Å². The summed E-state index contributed by atoms with van der Waals surface area (Å²) in [5.74, 6) is 2.23. The molecular formula is C20H25ClO2. The van der Waals surface area contributed by atoms with E-state index in [1.807, 2.05) is 12.1 Å². The Hall–Kier alpha value is -1.02. The molecule has 1 N–H and O–H groups in total. The van der Waals surface area contributed by atoms with E-state index in [1.54, 1.807) is 0 Å². The predicted octanol–water partition coefficient (Wildman–Crippen LogP) is 5.11. The SMILES string of the molecule is CC1(C)C[C@H]2[C@@H]3CCc4cc(O)c(Cl)cc4[C@H]3CC[C@]2(C)C1=O. The Kier molecular flexibility index (Phi) is 3.20. The number of phenols is 1. The number of hydrogen-bond donors (Lipinski definition) is 1. The highest BCUT2D eigenvalue weighted by atomic mass is 35.5. The second-order valence-electron chi connectivity index (χ2n) is 8.79. The molecule has 0 saturated heterocycles. The molecule has 0 bridgehead atoms. The van der Waals surface area contributed by atoms with Gasteiger partial charge in [-0.15, -0.1) is 0 Å². The fourth-order valence-corrected chi connectivity index (χ4v) is 6.15. The van der Waals surface area contributed by atoms with Crippen LogP contribution in [0.25, 0.3) is 0 Å². The predicted molar refractivity (Wildman–Crippen MR) is 91.9 cm³/mol. The van der Waals surface area contributed by atoms with E-state index in [2.05, 4.69) is 20.8 Å². The summed E-state index contributed by atoms with van der Waals surface area (Å²) < 4.78 is 0. The molecule has 0 spiro atoms. The minimum atomic E-state index is -0.179. The largest absolute Gasteiger partial charge is 0.506 e. The van der Waals surface area contributed by atoms with Crippen LogP contribution in [0.15, 0.2) is 12.1 Å². The molecule has 2 nitrogen and oxygen atoms in total. The Morgan fingerprint density at radius 2 is 1.96 bits per heavy atom. The van der Waals surface area contributed by atoms with E-state index in [0.717, 1.165) is 32.1 Å². The van der Waals surface area contributed by atoms with Crippen molar-refractivity contribution in [2.24, 2.45) is 22.7 Å². The number of carbonyl (C=O) groups excluding carboxylic acids is 1. The third-order valence-electron chi connectivity index (χ3n) is 7.05. The second kappa shape index (κ2) is 4.75. The number of carbonyl (C=O) groups is 1. The van der Waals surface area contributed by atoms with Gasteiger partial charge in [-0.05, 0) is 73.1 Å². The van der Waals surface area contributed by atoms with Crippen LogP contribution < -0.4 is 0 Å². The maximum Gasteiger partial charge on any atom is 0.144 e. The van der Waals surface area contributed by atoms with Gasteiger partial charge in [-0.1, -0.05) is 32.4 Å². The standard InChI is InChI=1S/C20H25ClO2/c1-19(2)10-15-13-5-4-11-8-17(22)16(21)9-14(11)12(13)6-7-20(15,3)18(19)23/h8-9,12-13,15,22H,4-7,10H2,1-3H3/t12-,13+,15-,20-/m0/s1. The number of rotatable bonds is 0. The average Bonchev–Trinajstić information content (AvgIpc) is 2.68. The van der Waals surface area contributed by atoms with E-state index >= 15 is 0 Å². The summed E-state index contributed by atoms with van der Waals surface area (Å²) in [5, 5.41) is 10.3. The highest BCUT2D eigenvalue weighted by molar-refractivity contribution is 6.32. The maximum atomic E-state index is 12.9. The zero-order valence-corrected chi connectivity index (χ0v) is 14.9. The van der Waals surface area contributed by atoms with Crippen molar-refractivity contribution in [3.05, 3.63) is 28.3 Å². The average molecular weight is 333 g/mol. The van der Waals surface area contributed by atoms with Crippen molar-refractivity contribution in [3.8, 4) is 5.75 Å². The monoisotopic (exact) mass is 332 g/mol. The summed E-state index contributed by atoms with van der Waals surface area (Å²) in [6, 6.07) is 3.83. The Morgan fingerprint density at radius 1 is 1.22 bits per heavy atom. The summed E-state index contributed by atoms with van der Waals surface area (Å²) in [6.45, 7) is 6.46. The van der Waals surface area contributed by atoms with Crippen LogP contribution in [-0.2, 0) is 11.2 Å². The molecule has 3 heteroatoms. The van der Waals surface area contributed by atoms with E-state index in [4.69, 9.17) is 11.6 Å². The zero-order valence-electron chi connectivity index (χ0n) is 14.2. The van der Waals surface area contributed by atoms with Gasteiger partial charge in [0.1, 0.15) is 11.5 Å². The lowest BCUT2D eigenvalue weighted by molar-refractivity contribution is -0.134. The highest BCUT2D eigenvalue weighted by Crippen LogP contribution is 2.63. The van der Waals surface area contributed by atoms with Crippen LogP contribution in [0.4, 0.5) is 0 Å².